The predicted molar refractivity (Wildman–Crippen MR) is 100 cm³/mol. The predicted octanol–water partition coefficient (Wildman–Crippen LogP) is 3.30. The van der Waals surface area contributed by atoms with Gasteiger partial charge in [0, 0.05) is 11.7 Å². The summed E-state index contributed by atoms with van der Waals surface area (Å²) in [5.74, 6) is 0.968. The number of hydrogen-bond donors (Lipinski definition) is 2. The molecule has 0 saturated carbocycles. The summed E-state index contributed by atoms with van der Waals surface area (Å²) in [5, 5.41) is 2.85. The second kappa shape index (κ2) is 9.08. The van der Waals surface area contributed by atoms with Crippen molar-refractivity contribution < 1.29 is 14.3 Å². The average Bonchev–Trinajstić information content (AvgIpc) is 2.56. The number of hydrogen-bond acceptors (Lipinski definition) is 4. The van der Waals surface area contributed by atoms with E-state index in [2.05, 4.69) is 5.32 Å². The first-order valence-corrected chi connectivity index (χ1v) is 8.49. The molecule has 5 nitrogen and oxygen atoms in total. The van der Waals surface area contributed by atoms with Crippen LogP contribution < -0.4 is 20.5 Å². The summed E-state index contributed by atoms with van der Waals surface area (Å²) in [7, 11) is 0. The van der Waals surface area contributed by atoms with Crippen molar-refractivity contribution in [1.29, 1.82) is 0 Å². The van der Waals surface area contributed by atoms with E-state index < -0.39 is 0 Å². The Morgan fingerprint density at radius 2 is 1.92 bits per heavy atom. The number of carbonyl (C=O) groups is 1. The van der Waals surface area contributed by atoms with Gasteiger partial charge in [0.2, 0.25) is 0 Å². The summed E-state index contributed by atoms with van der Waals surface area (Å²) < 4.78 is 11.3. The molecule has 25 heavy (non-hydrogen) atoms. The molecule has 0 radical (unpaired) electrons. The van der Waals surface area contributed by atoms with Gasteiger partial charge in [-0.15, -0.1) is 0 Å². The van der Waals surface area contributed by atoms with Crippen molar-refractivity contribution in [2.24, 2.45) is 5.73 Å². The lowest BCUT2D eigenvalue weighted by Gasteiger charge is -2.14. The number of carbonyl (C=O) groups excluding carboxylic acids is 1. The topological polar surface area (TPSA) is 73.6 Å². The van der Waals surface area contributed by atoms with Crippen molar-refractivity contribution >= 4 is 11.6 Å². The van der Waals surface area contributed by atoms with Gasteiger partial charge in [-0.1, -0.05) is 24.3 Å². The fourth-order valence-electron chi connectivity index (χ4n) is 2.48. The van der Waals surface area contributed by atoms with Gasteiger partial charge in [-0.3, -0.25) is 4.79 Å². The number of ether oxygens (including phenoxy) is 2. The van der Waals surface area contributed by atoms with Gasteiger partial charge < -0.3 is 20.5 Å². The Balaban J connectivity index is 2.01. The molecule has 0 bridgehead atoms. The molecule has 0 aliphatic rings. The maximum Gasteiger partial charge on any atom is 0.262 e. The molecule has 2 aromatic carbocycles. The van der Waals surface area contributed by atoms with Crippen molar-refractivity contribution in [3.63, 3.8) is 0 Å². The molecule has 5 heteroatoms. The van der Waals surface area contributed by atoms with Crippen LogP contribution in [0.2, 0.25) is 0 Å². The first-order valence-electron chi connectivity index (χ1n) is 8.49. The number of nitrogens with one attached hydrogen (secondary N) is 1. The second-order valence-corrected chi connectivity index (χ2v) is 6.05. The van der Waals surface area contributed by atoms with E-state index in [4.69, 9.17) is 15.2 Å². The van der Waals surface area contributed by atoms with E-state index in [9.17, 15) is 4.79 Å². The number of aryl methyl sites for hydroxylation is 1. The van der Waals surface area contributed by atoms with Crippen LogP contribution in [0.1, 0.15) is 25.0 Å². The van der Waals surface area contributed by atoms with Crippen molar-refractivity contribution in [2.45, 2.75) is 33.2 Å². The fourth-order valence-corrected chi connectivity index (χ4v) is 2.48. The Morgan fingerprint density at radius 1 is 1.16 bits per heavy atom. The zero-order valence-electron chi connectivity index (χ0n) is 15.0. The van der Waals surface area contributed by atoms with Gasteiger partial charge in [-0.25, -0.2) is 0 Å². The Kier molecular flexibility index (Phi) is 6.83. The lowest BCUT2D eigenvalue weighted by atomic mass is 10.1. The smallest absolute Gasteiger partial charge is 0.262 e. The van der Waals surface area contributed by atoms with Gasteiger partial charge in [0.25, 0.3) is 5.91 Å². The molecule has 0 spiro atoms. The van der Waals surface area contributed by atoms with Gasteiger partial charge >= 0.3 is 0 Å². The van der Waals surface area contributed by atoms with Crippen LogP contribution in [-0.2, 0) is 11.2 Å². The Morgan fingerprint density at radius 3 is 2.60 bits per heavy atom. The summed E-state index contributed by atoms with van der Waals surface area (Å²) in [6.07, 6.45) is 0.758. The molecular weight excluding hydrogens is 316 g/mol. The third-order valence-electron chi connectivity index (χ3n) is 3.64. The van der Waals surface area contributed by atoms with E-state index in [1.54, 1.807) is 0 Å². The average molecular weight is 342 g/mol. The molecule has 1 atom stereocenters. The van der Waals surface area contributed by atoms with Gasteiger partial charge in [-0.2, -0.15) is 0 Å². The zero-order valence-corrected chi connectivity index (χ0v) is 15.0. The van der Waals surface area contributed by atoms with Gasteiger partial charge in [0.15, 0.2) is 18.1 Å². The largest absolute Gasteiger partial charge is 0.490 e. The SMILES string of the molecule is CCOc1cc(CC(C)N)ccc1OCC(=O)Nc1ccccc1C. The number of amides is 1. The second-order valence-electron chi connectivity index (χ2n) is 6.05. The third-order valence-corrected chi connectivity index (χ3v) is 3.64. The van der Waals surface area contributed by atoms with Crippen LogP contribution >= 0.6 is 0 Å². The van der Waals surface area contributed by atoms with E-state index in [-0.39, 0.29) is 18.6 Å². The quantitative estimate of drug-likeness (QED) is 0.772. The van der Waals surface area contributed by atoms with E-state index in [1.807, 2.05) is 63.2 Å². The first kappa shape index (κ1) is 18.8. The van der Waals surface area contributed by atoms with E-state index in [0.29, 0.717) is 18.1 Å². The highest BCUT2D eigenvalue weighted by Crippen LogP contribution is 2.29. The molecule has 0 aliphatic carbocycles. The maximum atomic E-state index is 12.1. The van der Waals surface area contributed by atoms with Gasteiger partial charge in [0.1, 0.15) is 0 Å². The first-order chi connectivity index (χ1) is 12.0. The molecule has 0 aliphatic heterocycles. The molecule has 0 fully saturated rings. The van der Waals surface area contributed by atoms with Gasteiger partial charge in [0.05, 0.1) is 6.61 Å². The lowest BCUT2D eigenvalue weighted by Crippen LogP contribution is -2.21. The molecular formula is C20H26N2O3. The molecule has 1 amide bonds. The molecule has 0 heterocycles. The van der Waals surface area contributed by atoms with E-state index in [1.165, 1.54) is 0 Å². The number of anilines is 1. The number of para-hydroxylation sites is 1. The van der Waals surface area contributed by atoms with Crippen molar-refractivity contribution in [3.05, 3.63) is 53.6 Å². The van der Waals surface area contributed by atoms with Crippen LogP contribution in [0.5, 0.6) is 11.5 Å². The molecule has 3 N–H and O–H groups in total. The minimum absolute atomic E-state index is 0.0705. The summed E-state index contributed by atoms with van der Waals surface area (Å²) in [6.45, 7) is 6.25. The molecule has 1 unspecified atom stereocenters. The Hall–Kier alpha value is -2.53. The number of rotatable bonds is 8. The van der Waals surface area contributed by atoms with Gasteiger partial charge in [-0.05, 0) is 56.5 Å². The normalized spacial score (nSPS) is 11.7. The highest BCUT2D eigenvalue weighted by molar-refractivity contribution is 5.92. The molecule has 2 aromatic rings. The Bertz CT molecular complexity index is 714. The third kappa shape index (κ3) is 5.80. The summed E-state index contributed by atoms with van der Waals surface area (Å²) in [5.41, 5.74) is 8.72. The van der Waals surface area contributed by atoms with E-state index in [0.717, 1.165) is 23.2 Å². The van der Waals surface area contributed by atoms with Crippen molar-refractivity contribution in [3.8, 4) is 11.5 Å². The summed E-state index contributed by atoms with van der Waals surface area (Å²) >= 11 is 0. The number of benzene rings is 2. The van der Waals surface area contributed by atoms with Crippen LogP contribution in [0.3, 0.4) is 0 Å². The number of nitrogens with two attached hydrogens (primary N) is 1. The summed E-state index contributed by atoms with van der Waals surface area (Å²) in [4.78, 5) is 12.1. The van der Waals surface area contributed by atoms with Crippen LogP contribution in [0, 0.1) is 6.92 Å². The van der Waals surface area contributed by atoms with Crippen LogP contribution in [-0.4, -0.2) is 25.2 Å². The molecule has 0 aromatic heterocycles. The minimum atomic E-state index is -0.212. The van der Waals surface area contributed by atoms with Crippen molar-refractivity contribution in [1.82, 2.24) is 0 Å². The van der Waals surface area contributed by atoms with E-state index >= 15 is 0 Å². The maximum absolute atomic E-state index is 12.1. The highest BCUT2D eigenvalue weighted by atomic mass is 16.5. The highest BCUT2D eigenvalue weighted by Gasteiger charge is 2.11. The molecule has 134 valence electrons. The lowest BCUT2D eigenvalue weighted by molar-refractivity contribution is -0.118. The zero-order chi connectivity index (χ0) is 18.2. The van der Waals surface area contributed by atoms with Crippen molar-refractivity contribution in [2.75, 3.05) is 18.5 Å². The summed E-state index contributed by atoms with van der Waals surface area (Å²) in [6, 6.07) is 13.4. The van der Waals surface area contributed by atoms with Crippen LogP contribution in [0.25, 0.3) is 0 Å². The Labute approximate surface area is 149 Å². The molecule has 2 rings (SSSR count). The van der Waals surface area contributed by atoms with Crippen LogP contribution in [0.4, 0.5) is 5.69 Å². The fraction of sp³-hybridized carbons (Fsp3) is 0.350. The van der Waals surface area contributed by atoms with Crippen LogP contribution in [0.15, 0.2) is 42.5 Å². The standard InChI is InChI=1S/C20H26N2O3/c1-4-24-19-12-16(11-15(3)21)9-10-18(19)25-13-20(23)22-17-8-6-5-7-14(17)2/h5-10,12,15H,4,11,13,21H2,1-3H3,(H,22,23). The molecule has 0 saturated heterocycles. The minimum Gasteiger partial charge on any atom is -0.490 e. The monoisotopic (exact) mass is 342 g/mol.